The van der Waals surface area contributed by atoms with Crippen LogP contribution in [-0.2, 0) is 19.3 Å². The number of hydrogen-bond acceptors (Lipinski definition) is 6. The molecule has 0 atom stereocenters. The van der Waals surface area contributed by atoms with E-state index in [9.17, 15) is 8.42 Å². The van der Waals surface area contributed by atoms with Gasteiger partial charge in [-0.1, -0.05) is 0 Å². The van der Waals surface area contributed by atoms with E-state index in [1.165, 1.54) is 0 Å². The van der Waals surface area contributed by atoms with Gasteiger partial charge in [-0.05, 0) is 25.2 Å². The number of rotatable bonds is 9. The highest BCUT2D eigenvalue weighted by Crippen LogP contribution is 2.14. The number of nitrogens with one attached hydrogen (secondary N) is 2. The first-order valence-corrected chi connectivity index (χ1v) is 11.4. The van der Waals surface area contributed by atoms with Crippen LogP contribution >= 0.6 is 24.0 Å². The summed E-state index contributed by atoms with van der Waals surface area (Å²) in [7, 11) is -1.05. The molecule has 0 aliphatic carbocycles. The van der Waals surface area contributed by atoms with Crippen molar-refractivity contribution in [1.82, 2.24) is 15.5 Å². The molecular weight excluding hydrogens is 483 g/mol. The Morgan fingerprint density at radius 3 is 2.52 bits per heavy atom. The topological polar surface area (TPSA) is 92.3 Å². The SMILES string of the molecule is CN=C(NCCCOCC1CCOCC1)NCCN1CCS(=O)(=O)CC1.I. The molecule has 0 amide bonds. The Morgan fingerprint density at radius 1 is 1.19 bits per heavy atom. The van der Waals surface area contributed by atoms with Crippen molar-refractivity contribution < 1.29 is 17.9 Å². The van der Waals surface area contributed by atoms with Crippen LogP contribution in [0.25, 0.3) is 0 Å². The lowest BCUT2D eigenvalue weighted by atomic mass is 10.0. The highest BCUT2D eigenvalue weighted by Gasteiger charge is 2.20. The lowest BCUT2D eigenvalue weighted by molar-refractivity contribution is 0.0203. The first-order valence-electron chi connectivity index (χ1n) is 9.62. The van der Waals surface area contributed by atoms with Crippen molar-refractivity contribution in [1.29, 1.82) is 0 Å². The molecule has 2 rings (SSSR count). The van der Waals surface area contributed by atoms with E-state index in [0.29, 0.717) is 19.0 Å². The van der Waals surface area contributed by atoms with Gasteiger partial charge in [-0.15, -0.1) is 24.0 Å². The maximum atomic E-state index is 11.4. The molecule has 0 bridgehead atoms. The Labute approximate surface area is 180 Å². The fourth-order valence-electron chi connectivity index (χ4n) is 3.07. The summed E-state index contributed by atoms with van der Waals surface area (Å²) in [6.07, 6.45) is 3.16. The molecule has 2 heterocycles. The van der Waals surface area contributed by atoms with E-state index >= 15 is 0 Å². The van der Waals surface area contributed by atoms with Gasteiger partial charge in [0.1, 0.15) is 0 Å². The van der Waals surface area contributed by atoms with Gasteiger partial charge in [0.05, 0.1) is 11.5 Å². The van der Waals surface area contributed by atoms with Crippen LogP contribution in [0.3, 0.4) is 0 Å². The van der Waals surface area contributed by atoms with Crippen LogP contribution in [0, 0.1) is 5.92 Å². The van der Waals surface area contributed by atoms with Crippen LogP contribution in [0.2, 0.25) is 0 Å². The molecule has 2 N–H and O–H groups in total. The third-order valence-corrected chi connectivity index (χ3v) is 6.44. The number of sulfone groups is 1. The van der Waals surface area contributed by atoms with Crippen molar-refractivity contribution in [2.24, 2.45) is 10.9 Å². The minimum absolute atomic E-state index is 0. The average Bonchev–Trinajstić information content (AvgIpc) is 2.65. The zero-order chi connectivity index (χ0) is 18.7. The van der Waals surface area contributed by atoms with Crippen molar-refractivity contribution in [2.75, 3.05) is 77.7 Å². The van der Waals surface area contributed by atoms with Crippen LogP contribution in [0.4, 0.5) is 0 Å². The number of nitrogens with zero attached hydrogens (tertiary/aromatic N) is 2. The molecule has 0 radical (unpaired) electrons. The number of aliphatic imine (C=N–C) groups is 1. The predicted octanol–water partition coefficient (Wildman–Crippen LogP) is 0.333. The summed E-state index contributed by atoms with van der Waals surface area (Å²) in [4.78, 5) is 6.38. The lowest BCUT2D eigenvalue weighted by Gasteiger charge is -2.26. The summed E-state index contributed by atoms with van der Waals surface area (Å²) in [5.41, 5.74) is 0. The van der Waals surface area contributed by atoms with Crippen LogP contribution in [0.15, 0.2) is 4.99 Å². The Morgan fingerprint density at radius 2 is 1.85 bits per heavy atom. The Hall–Kier alpha value is -0.170. The van der Waals surface area contributed by atoms with Crippen LogP contribution < -0.4 is 10.6 Å². The molecule has 2 aliphatic rings. The minimum atomic E-state index is -2.81. The van der Waals surface area contributed by atoms with Crippen LogP contribution in [0.1, 0.15) is 19.3 Å². The fourth-order valence-corrected chi connectivity index (χ4v) is 4.35. The summed E-state index contributed by atoms with van der Waals surface area (Å²) in [5, 5.41) is 6.56. The van der Waals surface area contributed by atoms with Gasteiger partial charge in [-0.2, -0.15) is 0 Å². The van der Waals surface area contributed by atoms with Gasteiger partial charge in [0, 0.05) is 66.2 Å². The summed E-state index contributed by atoms with van der Waals surface area (Å²) in [5.74, 6) is 1.97. The van der Waals surface area contributed by atoms with Gasteiger partial charge in [-0.3, -0.25) is 9.89 Å². The molecule has 0 aromatic rings. The number of guanidine groups is 1. The average molecular weight is 518 g/mol. The van der Waals surface area contributed by atoms with Crippen molar-refractivity contribution in [3.8, 4) is 0 Å². The molecule has 0 aromatic carbocycles. The first-order chi connectivity index (χ1) is 12.6. The van der Waals surface area contributed by atoms with E-state index < -0.39 is 9.84 Å². The second kappa shape index (κ2) is 13.9. The van der Waals surface area contributed by atoms with Crippen LogP contribution in [-0.4, -0.2) is 97.0 Å². The lowest BCUT2D eigenvalue weighted by Crippen LogP contribution is -2.46. The molecule has 0 aromatic heterocycles. The van der Waals surface area contributed by atoms with Crippen LogP contribution in [0.5, 0.6) is 0 Å². The maximum Gasteiger partial charge on any atom is 0.191 e. The normalized spacial score (nSPS) is 21.4. The second-order valence-corrected chi connectivity index (χ2v) is 9.21. The molecule has 2 fully saturated rings. The monoisotopic (exact) mass is 518 g/mol. The standard InChI is InChI=1S/C17H34N4O4S.HI/c1-18-17(20-6-7-21-8-13-26(22,23)14-9-21)19-5-2-10-25-15-16-3-11-24-12-4-16;/h16H,2-15H2,1H3,(H2,18,19,20);1H. The van der Waals surface area contributed by atoms with Crippen molar-refractivity contribution in [3.05, 3.63) is 0 Å². The summed E-state index contributed by atoms with van der Waals surface area (Å²) in [6, 6.07) is 0. The molecule has 0 spiro atoms. The smallest absolute Gasteiger partial charge is 0.191 e. The minimum Gasteiger partial charge on any atom is -0.381 e. The Kier molecular flexibility index (Phi) is 12.8. The van der Waals surface area contributed by atoms with Crippen molar-refractivity contribution in [3.63, 3.8) is 0 Å². The third kappa shape index (κ3) is 10.8. The zero-order valence-electron chi connectivity index (χ0n) is 16.3. The predicted molar refractivity (Wildman–Crippen MR) is 119 cm³/mol. The molecule has 2 saturated heterocycles. The third-order valence-electron chi connectivity index (χ3n) is 4.83. The fraction of sp³-hybridized carbons (Fsp3) is 0.941. The number of ether oxygens (including phenoxy) is 2. The van der Waals surface area contributed by atoms with Gasteiger partial charge in [0.25, 0.3) is 0 Å². The van der Waals surface area contributed by atoms with Crippen molar-refractivity contribution >= 4 is 39.8 Å². The second-order valence-electron chi connectivity index (χ2n) is 6.90. The molecular formula is C17H35IN4O4S. The quantitative estimate of drug-likeness (QED) is 0.197. The largest absolute Gasteiger partial charge is 0.381 e. The van der Waals surface area contributed by atoms with E-state index in [-0.39, 0.29) is 35.5 Å². The molecule has 10 heteroatoms. The highest BCUT2D eigenvalue weighted by molar-refractivity contribution is 14.0. The van der Waals surface area contributed by atoms with E-state index in [4.69, 9.17) is 9.47 Å². The molecule has 0 saturated carbocycles. The Bertz CT molecular complexity index is 513. The van der Waals surface area contributed by atoms with Gasteiger partial charge in [0.15, 0.2) is 15.8 Å². The van der Waals surface area contributed by atoms with Crippen molar-refractivity contribution in [2.45, 2.75) is 19.3 Å². The maximum absolute atomic E-state index is 11.4. The summed E-state index contributed by atoms with van der Waals surface area (Å²) in [6.45, 7) is 6.96. The summed E-state index contributed by atoms with van der Waals surface area (Å²) < 4.78 is 33.9. The number of hydrogen-bond donors (Lipinski definition) is 2. The molecule has 0 unspecified atom stereocenters. The van der Waals surface area contributed by atoms with E-state index in [2.05, 4.69) is 20.5 Å². The van der Waals surface area contributed by atoms with E-state index in [1.807, 2.05) is 0 Å². The first kappa shape index (κ1) is 24.9. The van der Waals surface area contributed by atoms with Gasteiger partial charge < -0.3 is 20.1 Å². The zero-order valence-corrected chi connectivity index (χ0v) is 19.5. The highest BCUT2D eigenvalue weighted by atomic mass is 127. The van der Waals surface area contributed by atoms with Gasteiger partial charge >= 0.3 is 0 Å². The Balaban J connectivity index is 0.00000364. The molecule has 2 aliphatic heterocycles. The molecule has 27 heavy (non-hydrogen) atoms. The summed E-state index contributed by atoms with van der Waals surface area (Å²) >= 11 is 0. The van der Waals surface area contributed by atoms with E-state index in [0.717, 1.165) is 71.3 Å². The van der Waals surface area contributed by atoms with Gasteiger partial charge in [-0.25, -0.2) is 8.42 Å². The van der Waals surface area contributed by atoms with E-state index in [1.54, 1.807) is 7.05 Å². The van der Waals surface area contributed by atoms with Gasteiger partial charge in [0.2, 0.25) is 0 Å². The number of halogens is 1. The molecule has 8 nitrogen and oxygen atoms in total. The molecule has 160 valence electrons.